The summed E-state index contributed by atoms with van der Waals surface area (Å²) in [6.07, 6.45) is 2.03. The normalized spacial score (nSPS) is 12.7. The molecule has 4 heteroatoms. The molecule has 1 rings (SSSR count). The van der Waals surface area contributed by atoms with Crippen LogP contribution in [0.15, 0.2) is 18.3 Å². The van der Waals surface area contributed by atoms with Gasteiger partial charge in [-0.1, -0.05) is 13.8 Å². The zero-order valence-corrected chi connectivity index (χ0v) is 11.9. The number of hydrogen-bond donors (Lipinski definition) is 2. The maximum atomic E-state index is 5.19. The quantitative estimate of drug-likeness (QED) is 0.744. The predicted molar refractivity (Wildman–Crippen MR) is 75.7 cm³/mol. The zero-order valence-electron chi connectivity index (χ0n) is 11.9. The van der Waals surface area contributed by atoms with Crippen LogP contribution in [0.4, 0.5) is 5.82 Å². The Morgan fingerprint density at radius 3 is 2.72 bits per heavy atom. The molecule has 1 aromatic heterocycles. The Morgan fingerprint density at radius 2 is 2.06 bits per heavy atom. The third-order valence-corrected chi connectivity index (χ3v) is 2.68. The summed E-state index contributed by atoms with van der Waals surface area (Å²) < 4.78 is 5.19. The number of nitrogens with zero attached hydrogens (tertiary/aromatic N) is 1. The van der Waals surface area contributed by atoms with E-state index in [-0.39, 0.29) is 6.10 Å². The summed E-state index contributed by atoms with van der Waals surface area (Å²) >= 11 is 0. The summed E-state index contributed by atoms with van der Waals surface area (Å²) in [6.45, 7) is 9.13. The van der Waals surface area contributed by atoms with Crippen LogP contribution in [0.5, 0.6) is 0 Å². The molecule has 0 saturated carbocycles. The number of aromatic nitrogens is 1. The molecule has 0 aliphatic carbocycles. The lowest BCUT2D eigenvalue weighted by atomic mass is 10.2. The van der Waals surface area contributed by atoms with Crippen LogP contribution in [0.2, 0.25) is 0 Å². The van der Waals surface area contributed by atoms with Gasteiger partial charge in [0.2, 0.25) is 0 Å². The van der Waals surface area contributed by atoms with Crippen LogP contribution in [0.1, 0.15) is 26.3 Å². The highest BCUT2D eigenvalue weighted by atomic mass is 16.5. The van der Waals surface area contributed by atoms with Crippen LogP contribution in [0.3, 0.4) is 0 Å². The fourth-order valence-corrected chi connectivity index (χ4v) is 1.52. The van der Waals surface area contributed by atoms with Crippen LogP contribution in [0, 0.1) is 5.92 Å². The first-order valence-electron chi connectivity index (χ1n) is 6.54. The molecule has 0 bridgehead atoms. The summed E-state index contributed by atoms with van der Waals surface area (Å²) in [6, 6.07) is 4.12. The molecule has 0 aromatic carbocycles. The Bertz CT molecular complexity index is 342. The molecule has 0 radical (unpaired) electrons. The second-order valence-corrected chi connectivity index (χ2v) is 5.00. The molecule has 0 spiro atoms. The van der Waals surface area contributed by atoms with E-state index in [1.807, 2.05) is 19.2 Å². The third kappa shape index (κ3) is 5.98. The molecule has 0 saturated heterocycles. The van der Waals surface area contributed by atoms with E-state index in [0.717, 1.165) is 25.5 Å². The number of methoxy groups -OCH3 is 1. The highest BCUT2D eigenvalue weighted by Gasteiger charge is 2.01. The van der Waals surface area contributed by atoms with E-state index in [1.165, 1.54) is 5.56 Å². The molecule has 0 aliphatic heterocycles. The molecule has 18 heavy (non-hydrogen) atoms. The molecule has 0 aliphatic rings. The molecule has 1 heterocycles. The minimum absolute atomic E-state index is 0.189. The molecule has 0 fully saturated rings. The lowest BCUT2D eigenvalue weighted by Gasteiger charge is -2.12. The van der Waals surface area contributed by atoms with E-state index >= 15 is 0 Å². The lowest BCUT2D eigenvalue weighted by Crippen LogP contribution is -2.20. The van der Waals surface area contributed by atoms with Crippen molar-refractivity contribution in [1.82, 2.24) is 10.3 Å². The summed E-state index contributed by atoms with van der Waals surface area (Å²) in [5.74, 6) is 1.58. The molecule has 1 unspecified atom stereocenters. The third-order valence-electron chi connectivity index (χ3n) is 2.68. The molecule has 4 nitrogen and oxygen atoms in total. The second kappa shape index (κ2) is 8.06. The van der Waals surface area contributed by atoms with E-state index in [4.69, 9.17) is 4.74 Å². The van der Waals surface area contributed by atoms with Crippen molar-refractivity contribution in [2.75, 3.05) is 25.5 Å². The van der Waals surface area contributed by atoms with Gasteiger partial charge >= 0.3 is 0 Å². The van der Waals surface area contributed by atoms with Gasteiger partial charge in [-0.25, -0.2) is 4.98 Å². The Labute approximate surface area is 110 Å². The SMILES string of the molecule is COC(C)CNc1cc(CNCC(C)C)ccn1. The number of anilines is 1. The Hall–Kier alpha value is -1.13. The van der Waals surface area contributed by atoms with Crippen molar-refractivity contribution in [1.29, 1.82) is 0 Å². The van der Waals surface area contributed by atoms with Crippen molar-refractivity contribution < 1.29 is 4.74 Å². The van der Waals surface area contributed by atoms with Crippen LogP contribution >= 0.6 is 0 Å². The maximum absolute atomic E-state index is 5.19. The van der Waals surface area contributed by atoms with Gasteiger partial charge in [0.15, 0.2) is 0 Å². The summed E-state index contributed by atoms with van der Waals surface area (Å²) in [4.78, 5) is 4.29. The van der Waals surface area contributed by atoms with Gasteiger partial charge in [0, 0.05) is 26.4 Å². The number of nitrogens with one attached hydrogen (secondary N) is 2. The van der Waals surface area contributed by atoms with Crippen molar-refractivity contribution in [3.05, 3.63) is 23.9 Å². The topological polar surface area (TPSA) is 46.2 Å². The van der Waals surface area contributed by atoms with Gasteiger partial charge in [-0.3, -0.25) is 0 Å². The smallest absolute Gasteiger partial charge is 0.126 e. The monoisotopic (exact) mass is 251 g/mol. The highest BCUT2D eigenvalue weighted by Crippen LogP contribution is 2.07. The summed E-state index contributed by atoms with van der Waals surface area (Å²) in [5, 5.41) is 6.70. The van der Waals surface area contributed by atoms with Gasteiger partial charge in [0.25, 0.3) is 0 Å². The van der Waals surface area contributed by atoms with E-state index in [0.29, 0.717) is 5.92 Å². The zero-order chi connectivity index (χ0) is 13.4. The van der Waals surface area contributed by atoms with E-state index in [2.05, 4.69) is 35.5 Å². The Balaban J connectivity index is 2.41. The van der Waals surface area contributed by atoms with Gasteiger partial charge in [-0.2, -0.15) is 0 Å². The van der Waals surface area contributed by atoms with Gasteiger partial charge in [-0.15, -0.1) is 0 Å². The van der Waals surface area contributed by atoms with Crippen molar-refractivity contribution in [2.24, 2.45) is 5.92 Å². The van der Waals surface area contributed by atoms with Gasteiger partial charge < -0.3 is 15.4 Å². The number of pyridine rings is 1. The average Bonchev–Trinajstić information content (AvgIpc) is 2.36. The van der Waals surface area contributed by atoms with Gasteiger partial charge in [0.05, 0.1) is 6.10 Å². The largest absolute Gasteiger partial charge is 0.380 e. The fraction of sp³-hybridized carbons (Fsp3) is 0.643. The molecule has 1 atom stereocenters. The molecular weight excluding hydrogens is 226 g/mol. The molecular formula is C14H25N3O. The number of rotatable bonds is 8. The van der Waals surface area contributed by atoms with E-state index < -0.39 is 0 Å². The molecule has 0 amide bonds. The van der Waals surface area contributed by atoms with E-state index in [1.54, 1.807) is 7.11 Å². The predicted octanol–water partition coefficient (Wildman–Crippen LogP) is 2.27. The van der Waals surface area contributed by atoms with E-state index in [9.17, 15) is 0 Å². The average molecular weight is 251 g/mol. The number of hydrogen-bond acceptors (Lipinski definition) is 4. The van der Waals surface area contributed by atoms with Crippen LogP contribution in [-0.4, -0.2) is 31.3 Å². The minimum atomic E-state index is 0.189. The van der Waals surface area contributed by atoms with Gasteiger partial charge in [-0.05, 0) is 37.1 Å². The fourth-order valence-electron chi connectivity index (χ4n) is 1.52. The Morgan fingerprint density at radius 1 is 1.28 bits per heavy atom. The molecule has 102 valence electrons. The highest BCUT2D eigenvalue weighted by molar-refractivity contribution is 5.37. The summed E-state index contributed by atoms with van der Waals surface area (Å²) in [5.41, 5.74) is 1.25. The van der Waals surface area contributed by atoms with Crippen molar-refractivity contribution in [2.45, 2.75) is 33.4 Å². The van der Waals surface area contributed by atoms with Crippen molar-refractivity contribution in [3.63, 3.8) is 0 Å². The lowest BCUT2D eigenvalue weighted by molar-refractivity contribution is 0.128. The molecule has 2 N–H and O–H groups in total. The first-order valence-corrected chi connectivity index (χ1v) is 6.54. The number of ether oxygens (including phenoxy) is 1. The Kier molecular flexibility index (Phi) is 6.68. The van der Waals surface area contributed by atoms with Crippen LogP contribution in [0.25, 0.3) is 0 Å². The summed E-state index contributed by atoms with van der Waals surface area (Å²) in [7, 11) is 1.71. The first kappa shape index (κ1) is 14.9. The standard InChI is InChI=1S/C14H25N3O/c1-11(2)8-15-10-13-5-6-16-14(7-13)17-9-12(3)18-4/h5-7,11-12,15H,8-10H2,1-4H3,(H,16,17). The van der Waals surface area contributed by atoms with Gasteiger partial charge in [0.1, 0.15) is 5.82 Å². The van der Waals surface area contributed by atoms with Crippen LogP contribution in [-0.2, 0) is 11.3 Å². The molecule has 1 aromatic rings. The first-order chi connectivity index (χ1) is 8.61. The second-order valence-electron chi connectivity index (χ2n) is 5.00. The maximum Gasteiger partial charge on any atom is 0.126 e. The minimum Gasteiger partial charge on any atom is -0.380 e. The van der Waals surface area contributed by atoms with Crippen molar-refractivity contribution in [3.8, 4) is 0 Å². The van der Waals surface area contributed by atoms with Crippen molar-refractivity contribution >= 4 is 5.82 Å². The van der Waals surface area contributed by atoms with Crippen LogP contribution < -0.4 is 10.6 Å².